The summed E-state index contributed by atoms with van der Waals surface area (Å²) in [7, 11) is 0. The molecule has 2 amide bonds. The Bertz CT molecular complexity index is 873. The first-order chi connectivity index (χ1) is 13.0. The molecule has 5 heteroatoms. The molecule has 0 radical (unpaired) electrons. The molecule has 3 N–H and O–H groups in total. The molecule has 0 aromatic heterocycles. The number of amides is 2. The van der Waals surface area contributed by atoms with E-state index in [0.29, 0.717) is 12.3 Å². The van der Waals surface area contributed by atoms with E-state index in [1.54, 1.807) is 6.92 Å². The van der Waals surface area contributed by atoms with Crippen molar-refractivity contribution in [1.82, 2.24) is 5.32 Å². The van der Waals surface area contributed by atoms with Crippen LogP contribution in [-0.4, -0.2) is 23.0 Å². The van der Waals surface area contributed by atoms with Crippen LogP contribution in [0.25, 0.3) is 11.1 Å². The average Bonchev–Trinajstić information content (AvgIpc) is 3.48. The molecule has 4 rings (SSSR count). The number of hydrogen-bond donors (Lipinski definition) is 3. The molecule has 3 atom stereocenters. The maximum Gasteiger partial charge on any atom is 0.251 e. The van der Waals surface area contributed by atoms with Gasteiger partial charge in [-0.15, -0.1) is 0 Å². The molecule has 1 aliphatic heterocycles. The van der Waals surface area contributed by atoms with Crippen molar-refractivity contribution in [2.45, 2.75) is 38.3 Å². The molecule has 1 saturated carbocycles. The summed E-state index contributed by atoms with van der Waals surface area (Å²) in [4.78, 5) is 25.8. The molecule has 0 spiro atoms. The highest BCUT2D eigenvalue weighted by atomic mass is 16.3. The van der Waals surface area contributed by atoms with Crippen LogP contribution in [0.2, 0.25) is 0 Å². The van der Waals surface area contributed by atoms with Gasteiger partial charge in [0.05, 0.1) is 12.0 Å². The molecule has 27 heavy (non-hydrogen) atoms. The molecule has 0 saturated heterocycles. The Morgan fingerprint density at radius 2 is 1.81 bits per heavy atom. The molecule has 2 aromatic rings. The van der Waals surface area contributed by atoms with Gasteiger partial charge in [0.2, 0.25) is 5.91 Å². The molecule has 0 bridgehead atoms. The van der Waals surface area contributed by atoms with E-state index in [4.69, 9.17) is 0 Å². The largest absolute Gasteiger partial charge is 0.393 e. The Morgan fingerprint density at radius 1 is 1.15 bits per heavy atom. The number of carbonyl (C=O) groups is 2. The van der Waals surface area contributed by atoms with Gasteiger partial charge in [-0.05, 0) is 36.5 Å². The summed E-state index contributed by atoms with van der Waals surface area (Å²) in [6.07, 6.45) is 2.14. The van der Waals surface area contributed by atoms with E-state index in [-0.39, 0.29) is 11.8 Å². The fourth-order valence-corrected chi connectivity index (χ4v) is 3.80. The molecular formula is C22H24N2O3. The monoisotopic (exact) mass is 364 g/mol. The highest BCUT2D eigenvalue weighted by Crippen LogP contribution is 2.38. The Labute approximate surface area is 158 Å². The molecular weight excluding hydrogens is 340 g/mol. The highest BCUT2D eigenvalue weighted by Gasteiger charge is 2.35. The highest BCUT2D eigenvalue weighted by molar-refractivity contribution is 6.04. The van der Waals surface area contributed by atoms with Crippen molar-refractivity contribution in [3.8, 4) is 11.1 Å². The fraction of sp³-hybridized carbons (Fsp3) is 0.364. The number of fused-ring (bicyclic) bond motifs is 3. The van der Waals surface area contributed by atoms with Crippen LogP contribution in [0.15, 0.2) is 48.5 Å². The van der Waals surface area contributed by atoms with Crippen LogP contribution in [0.4, 0.5) is 5.69 Å². The minimum atomic E-state index is -0.790. The lowest BCUT2D eigenvalue weighted by Gasteiger charge is -2.24. The molecule has 140 valence electrons. The number of anilines is 1. The quantitative estimate of drug-likeness (QED) is 0.762. The van der Waals surface area contributed by atoms with Gasteiger partial charge in [-0.3, -0.25) is 9.59 Å². The second-order valence-corrected chi connectivity index (χ2v) is 7.59. The Kier molecular flexibility index (Phi) is 4.70. The van der Waals surface area contributed by atoms with Gasteiger partial charge in [0, 0.05) is 11.3 Å². The van der Waals surface area contributed by atoms with Gasteiger partial charge in [0.25, 0.3) is 5.91 Å². The van der Waals surface area contributed by atoms with Crippen molar-refractivity contribution in [3.05, 3.63) is 54.1 Å². The van der Waals surface area contributed by atoms with Crippen LogP contribution in [0.3, 0.4) is 0 Å². The fourth-order valence-electron chi connectivity index (χ4n) is 3.80. The molecule has 1 fully saturated rings. The van der Waals surface area contributed by atoms with Crippen molar-refractivity contribution in [1.29, 1.82) is 0 Å². The van der Waals surface area contributed by atoms with Crippen molar-refractivity contribution in [3.63, 3.8) is 0 Å². The number of hydrogen-bond acceptors (Lipinski definition) is 3. The summed E-state index contributed by atoms with van der Waals surface area (Å²) in [5, 5.41) is 15.9. The lowest BCUT2D eigenvalue weighted by Crippen LogP contribution is -2.42. The molecule has 2 aromatic carbocycles. The normalized spacial score (nSPS) is 20.5. The van der Waals surface area contributed by atoms with Crippen LogP contribution in [0.5, 0.6) is 0 Å². The Balaban J connectivity index is 1.66. The summed E-state index contributed by atoms with van der Waals surface area (Å²) in [6, 6.07) is 14.5. The van der Waals surface area contributed by atoms with Gasteiger partial charge in [-0.1, -0.05) is 55.3 Å². The first kappa shape index (κ1) is 17.7. The second kappa shape index (κ2) is 7.16. The number of rotatable bonds is 5. The number of aliphatic hydroxyl groups excluding tert-OH is 1. The van der Waals surface area contributed by atoms with Gasteiger partial charge >= 0.3 is 0 Å². The van der Waals surface area contributed by atoms with Crippen LogP contribution >= 0.6 is 0 Å². The Hall–Kier alpha value is -2.66. The zero-order chi connectivity index (χ0) is 19.0. The third kappa shape index (κ3) is 3.60. The molecule has 2 aliphatic rings. The maximum atomic E-state index is 12.9. The number of benzene rings is 2. The maximum absolute atomic E-state index is 12.9. The van der Waals surface area contributed by atoms with Crippen LogP contribution in [0.1, 0.15) is 37.8 Å². The predicted molar refractivity (Wildman–Crippen MR) is 104 cm³/mol. The SMILES string of the molecule is C[C@H](O)[C@@H](CC1CC1)C(=O)N[C@@H]1C(=O)Nc2ccccc2-c2ccccc21. The predicted octanol–water partition coefficient (Wildman–Crippen LogP) is 3.26. The van der Waals surface area contributed by atoms with E-state index in [1.807, 2.05) is 48.5 Å². The van der Waals surface area contributed by atoms with Gasteiger partial charge in [-0.2, -0.15) is 0 Å². The number of carbonyl (C=O) groups excluding carboxylic acids is 2. The standard InChI is InChI=1S/C22H24N2O3/c1-13(25)18(12-14-10-11-14)21(26)24-20-17-8-3-2-6-15(17)16-7-4-5-9-19(16)23-22(20)27/h2-9,13-14,18,20,25H,10-12H2,1H3,(H,23,27)(H,24,26)/t13-,18+,20-/m0/s1. The van der Waals surface area contributed by atoms with E-state index in [1.165, 1.54) is 0 Å². The average molecular weight is 364 g/mol. The molecule has 1 aliphatic carbocycles. The van der Waals surface area contributed by atoms with Crippen molar-refractivity contribution in [2.75, 3.05) is 5.32 Å². The minimum Gasteiger partial charge on any atom is -0.393 e. The number of nitrogens with one attached hydrogen (secondary N) is 2. The number of aliphatic hydroxyl groups is 1. The zero-order valence-corrected chi connectivity index (χ0v) is 15.3. The third-order valence-corrected chi connectivity index (χ3v) is 5.50. The lowest BCUT2D eigenvalue weighted by atomic mass is 9.93. The van der Waals surface area contributed by atoms with Crippen LogP contribution in [-0.2, 0) is 9.59 Å². The molecule has 5 nitrogen and oxygen atoms in total. The van der Waals surface area contributed by atoms with Crippen molar-refractivity contribution >= 4 is 17.5 Å². The van der Waals surface area contributed by atoms with Crippen LogP contribution in [0, 0.1) is 11.8 Å². The van der Waals surface area contributed by atoms with Crippen LogP contribution < -0.4 is 10.6 Å². The summed E-state index contributed by atoms with van der Waals surface area (Å²) < 4.78 is 0. The van der Waals surface area contributed by atoms with Crippen molar-refractivity contribution in [2.24, 2.45) is 11.8 Å². The van der Waals surface area contributed by atoms with Gasteiger partial charge in [0.1, 0.15) is 6.04 Å². The van der Waals surface area contributed by atoms with E-state index < -0.39 is 18.1 Å². The summed E-state index contributed by atoms with van der Waals surface area (Å²) in [5.41, 5.74) is 3.36. The number of para-hydroxylation sites is 1. The smallest absolute Gasteiger partial charge is 0.251 e. The first-order valence-corrected chi connectivity index (χ1v) is 9.52. The first-order valence-electron chi connectivity index (χ1n) is 9.52. The van der Waals surface area contributed by atoms with Gasteiger partial charge in [0.15, 0.2) is 0 Å². The minimum absolute atomic E-state index is 0.266. The van der Waals surface area contributed by atoms with E-state index in [0.717, 1.165) is 35.2 Å². The topological polar surface area (TPSA) is 78.4 Å². The lowest BCUT2D eigenvalue weighted by molar-refractivity contribution is -0.132. The molecule has 0 unspecified atom stereocenters. The van der Waals surface area contributed by atoms with Gasteiger partial charge < -0.3 is 15.7 Å². The summed E-state index contributed by atoms with van der Waals surface area (Å²) in [5.74, 6) is -0.521. The van der Waals surface area contributed by atoms with Crippen molar-refractivity contribution < 1.29 is 14.7 Å². The summed E-state index contributed by atoms with van der Waals surface area (Å²) in [6.45, 7) is 1.64. The third-order valence-electron chi connectivity index (χ3n) is 5.50. The van der Waals surface area contributed by atoms with E-state index >= 15 is 0 Å². The second-order valence-electron chi connectivity index (χ2n) is 7.59. The van der Waals surface area contributed by atoms with Gasteiger partial charge in [-0.25, -0.2) is 0 Å². The molecule has 1 heterocycles. The van der Waals surface area contributed by atoms with E-state index in [9.17, 15) is 14.7 Å². The summed E-state index contributed by atoms with van der Waals surface area (Å²) >= 11 is 0. The Morgan fingerprint density at radius 3 is 2.52 bits per heavy atom. The van der Waals surface area contributed by atoms with E-state index in [2.05, 4.69) is 10.6 Å². The zero-order valence-electron chi connectivity index (χ0n) is 15.3.